The van der Waals surface area contributed by atoms with Crippen LogP contribution in [0.3, 0.4) is 0 Å². The fourth-order valence-electron chi connectivity index (χ4n) is 5.78. The van der Waals surface area contributed by atoms with Crippen LogP contribution in [0.5, 0.6) is 0 Å². The van der Waals surface area contributed by atoms with Crippen LogP contribution in [0.2, 0.25) is 0 Å². The first-order valence-corrected chi connectivity index (χ1v) is 16.5. The average molecular weight is 583 g/mol. The van der Waals surface area contributed by atoms with Gasteiger partial charge in [0.2, 0.25) is 9.84 Å². The van der Waals surface area contributed by atoms with Crippen molar-refractivity contribution in [1.82, 2.24) is 0 Å². The zero-order valence-electron chi connectivity index (χ0n) is 21.7. The van der Waals surface area contributed by atoms with E-state index in [1.165, 1.54) is 25.0 Å². The van der Waals surface area contributed by atoms with E-state index in [2.05, 4.69) is 66.7 Å². The Kier molecular flexibility index (Phi) is 5.75. The third kappa shape index (κ3) is 3.99. The van der Waals surface area contributed by atoms with Gasteiger partial charge in [0.15, 0.2) is 0 Å². The third-order valence-corrected chi connectivity index (χ3v) is 12.1. The van der Waals surface area contributed by atoms with Gasteiger partial charge in [-0.25, -0.2) is 8.42 Å². The maximum Gasteiger partial charge on any atom is 0.206 e. The SMILES string of the molecule is O=S(=O)(c1ccc(-c2cccc3c2Sc2ccccc2S3)cc1)c1ccc2c3ccccc3c3ccccc3c2c1. The normalized spacial score (nSPS) is 12.9. The number of rotatable bonds is 3. The fraction of sp³-hybridized carbons (Fsp3) is 0. The van der Waals surface area contributed by atoms with E-state index in [4.69, 9.17) is 0 Å². The van der Waals surface area contributed by atoms with Crippen molar-refractivity contribution < 1.29 is 8.42 Å². The van der Waals surface area contributed by atoms with Crippen molar-refractivity contribution in [3.63, 3.8) is 0 Å². The van der Waals surface area contributed by atoms with Crippen LogP contribution in [0, 0.1) is 0 Å². The second-order valence-electron chi connectivity index (χ2n) is 10.1. The lowest BCUT2D eigenvalue weighted by Gasteiger charge is -2.21. The molecule has 41 heavy (non-hydrogen) atoms. The van der Waals surface area contributed by atoms with E-state index in [0.29, 0.717) is 9.79 Å². The highest BCUT2D eigenvalue weighted by atomic mass is 32.2. The molecule has 1 aliphatic rings. The lowest BCUT2D eigenvalue weighted by Crippen LogP contribution is -2.02. The standard InChI is InChI=1S/C36H22O2S3/c37-41(38,25-20-21-31-29-10-2-1-8-27(29)28-9-3-4-11-30(28)32(31)22-25)24-18-16-23(17-19-24)26-12-7-15-35-36(26)40-34-14-6-5-13-33(34)39-35/h1-22H. The van der Waals surface area contributed by atoms with Crippen molar-refractivity contribution in [2.75, 3.05) is 0 Å². The summed E-state index contributed by atoms with van der Waals surface area (Å²) in [6.07, 6.45) is 0. The zero-order valence-corrected chi connectivity index (χ0v) is 24.2. The van der Waals surface area contributed by atoms with Crippen molar-refractivity contribution >= 4 is 65.7 Å². The molecule has 0 aliphatic carbocycles. The molecular weight excluding hydrogens is 561 g/mol. The monoisotopic (exact) mass is 582 g/mol. The van der Waals surface area contributed by atoms with E-state index in [9.17, 15) is 8.42 Å². The van der Waals surface area contributed by atoms with Crippen molar-refractivity contribution in [3.8, 4) is 11.1 Å². The summed E-state index contributed by atoms with van der Waals surface area (Å²) in [6.45, 7) is 0. The van der Waals surface area contributed by atoms with Gasteiger partial charge in [-0.3, -0.25) is 0 Å². The second-order valence-corrected chi connectivity index (χ2v) is 14.2. The van der Waals surface area contributed by atoms with E-state index in [1.807, 2.05) is 48.5 Å². The Morgan fingerprint density at radius 3 is 1.59 bits per heavy atom. The number of hydrogen-bond acceptors (Lipinski definition) is 4. The minimum Gasteiger partial charge on any atom is -0.219 e. The Balaban J connectivity index is 1.21. The van der Waals surface area contributed by atoms with Crippen LogP contribution in [0.4, 0.5) is 0 Å². The molecule has 7 aromatic carbocycles. The number of sulfone groups is 1. The summed E-state index contributed by atoms with van der Waals surface area (Å²) >= 11 is 3.56. The first kappa shape index (κ1) is 24.7. The van der Waals surface area contributed by atoms with Crippen molar-refractivity contribution in [3.05, 3.63) is 133 Å². The summed E-state index contributed by atoms with van der Waals surface area (Å²) < 4.78 is 27.8. The van der Waals surface area contributed by atoms with E-state index in [1.54, 1.807) is 41.7 Å². The van der Waals surface area contributed by atoms with Gasteiger partial charge in [0.1, 0.15) is 0 Å². The molecule has 0 saturated heterocycles. The minimum absolute atomic E-state index is 0.294. The molecular formula is C36H22O2S3. The van der Waals surface area contributed by atoms with Crippen LogP contribution < -0.4 is 0 Å². The highest BCUT2D eigenvalue weighted by molar-refractivity contribution is 8.05. The van der Waals surface area contributed by atoms with Gasteiger partial charge in [-0.2, -0.15) is 0 Å². The summed E-state index contributed by atoms with van der Waals surface area (Å²) in [5.41, 5.74) is 2.12. The molecule has 2 nitrogen and oxygen atoms in total. The van der Waals surface area contributed by atoms with Crippen molar-refractivity contribution in [2.45, 2.75) is 29.4 Å². The smallest absolute Gasteiger partial charge is 0.206 e. The van der Waals surface area contributed by atoms with E-state index in [0.717, 1.165) is 38.1 Å². The van der Waals surface area contributed by atoms with Crippen LogP contribution in [0.25, 0.3) is 43.4 Å². The molecule has 0 atom stereocenters. The van der Waals surface area contributed by atoms with Crippen molar-refractivity contribution in [2.24, 2.45) is 0 Å². The van der Waals surface area contributed by atoms with Gasteiger partial charge >= 0.3 is 0 Å². The van der Waals surface area contributed by atoms with Gasteiger partial charge in [0.25, 0.3) is 0 Å². The second kappa shape index (κ2) is 9.52. The molecule has 8 rings (SSSR count). The molecule has 1 heterocycles. The Hall–Kier alpha value is -4.03. The largest absolute Gasteiger partial charge is 0.219 e. The van der Waals surface area contributed by atoms with Gasteiger partial charge in [0.05, 0.1) is 9.79 Å². The summed E-state index contributed by atoms with van der Waals surface area (Å²) in [7, 11) is -3.72. The van der Waals surface area contributed by atoms with Gasteiger partial charge < -0.3 is 0 Å². The highest BCUT2D eigenvalue weighted by Gasteiger charge is 2.22. The van der Waals surface area contributed by atoms with E-state index >= 15 is 0 Å². The molecule has 0 saturated carbocycles. The summed E-state index contributed by atoms with van der Waals surface area (Å²) in [4.78, 5) is 5.54. The quantitative estimate of drug-likeness (QED) is 0.194. The molecule has 0 amide bonds. The molecule has 0 unspecified atom stereocenters. The lowest BCUT2D eigenvalue weighted by molar-refractivity contribution is 0.596. The zero-order chi connectivity index (χ0) is 27.6. The van der Waals surface area contributed by atoms with Crippen LogP contribution in [0.15, 0.2) is 163 Å². The van der Waals surface area contributed by atoms with Crippen LogP contribution >= 0.6 is 23.5 Å². The first-order valence-electron chi connectivity index (χ1n) is 13.3. The number of hydrogen-bond donors (Lipinski definition) is 0. The van der Waals surface area contributed by atoms with Gasteiger partial charge in [0, 0.05) is 19.6 Å². The molecule has 0 fully saturated rings. The van der Waals surface area contributed by atoms with Crippen LogP contribution in [-0.2, 0) is 9.84 Å². The maximum atomic E-state index is 13.9. The fourth-order valence-corrected chi connectivity index (χ4v) is 9.47. The van der Waals surface area contributed by atoms with Gasteiger partial charge in [-0.15, -0.1) is 0 Å². The van der Waals surface area contributed by atoms with E-state index in [-0.39, 0.29) is 0 Å². The van der Waals surface area contributed by atoms with Crippen molar-refractivity contribution in [1.29, 1.82) is 0 Å². The minimum atomic E-state index is -3.72. The first-order chi connectivity index (χ1) is 20.1. The lowest BCUT2D eigenvalue weighted by atomic mass is 9.94. The summed E-state index contributed by atoms with van der Waals surface area (Å²) in [6, 6.07) is 44.2. The molecule has 1 aliphatic heterocycles. The number of benzene rings is 7. The molecule has 0 bridgehead atoms. The maximum absolute atomic E-state index is 13.9. The topological polar surface area (TPSA) is 34.1 Å². The predicted molar refractivity (Wildman–Crippen MR) is 171 cm³/mol. The van der Waals surface area contributed by atoms with E-state index < -0.39 is 9.84 Å². The van der Waals surface area contributed by atoms with Gasteiger partial charge in [-0.1, -0.05) is 115 Å². The Labute approximate surface area is 247 Å². The molecule has 5 heteroatoms. The summed E-state index contributed by atoms with van der Waals surface area (Å²) in [5.74, 6) is 0. The summed E-state index contributed by atoms with van der Waals surface area (Å²) in [5, 5.41) is 6.48. The molecule has 196 valence electrons. The molecule has 0 radical (unpaired) electrons. The number of fused-ring (bicyclic) bond motifs is 8. The molecule has 0 spiro atoms. The Bertz CT molecular complexity index is 2240. The predicted octanol–water partition coefficient (Wildman–Crippen LogP) is 10.3. The Morgan fingerprint density at radius 1 is 0.415 bits per heavy atom. The molecule has 0 N–H and O–H groups in total. The Morgan fingerprint density at radius 2 is 0.927 bits per heavy atom. The highest BCUT2D eigenvalue weighted by Crippen LogP contribution is 2.51. The van der Waals surface area contributed by atoms with Crippen LogP contribution in [0.1, 0.15) is 0 Å². The average Bonchev–Trinajstić information content (AvgIpc) is 3.03. The molecule has 7 aromatic rings. The third-order valence-electron chi connectivity index (χ3n) is 7.76. The van der Waals surface area contributed by atoms with Crippen LogP contribution in [-0.4, -0.2) is 8.42 Å². The van der Waals surface area contributed by atoms with Gasteiger partial charge in [-0.05, 0) is 85.9 Å². The molecule has 0 aromatic heterocycles.